The molecule has 1 heterocycles. The maximum absolute atomic E-state index is 12.8. The number of ether oxygens (including phenoxy) is 1. The van der Waals surface area contributed by atoms with Crippen LogP contribution in [0.1, 0.15) is 17.2 Å². The van der Waals surface area contributed by atoms with E-state index in [1.165, 1.54) is 27.2 Å². The summed E-state index contributed by atoms with van der Waals surface area (Å²) < 4.78 is 5.24. The molecule has 5 heteroatoms. The van der Waals surface area contributed by atoms with Gasteiger partial charge in [-0.3, -0.25) is 0 Å². The molecule has 152 valence electrons. The summed E-state index contributed by atoms with van der Waals surface area (Å²) in [6.45, 7) is 3.34. The number of carbonyl (C=O) groups is 1. The number of benzene rings is 3. The first-order valence-corrected chi connectivity index (χ1v) is 10.5. The number of hydrogen-bond acceptors (Lipinski definition) is 2. The molecule has 3 aromatic rings. The molecule has 0 bridgehead atoms. The lowest BCUT2D eigenvalue weighted by atomic mass is 10.0. The van der Waals surface area contributed by atoms with Crippen LogP contribution in [0.25, 0.3) is 11.1 Å². The van der Waals surface area contributed by atoms with E-state index in [2.05, 4.69) is 53.8 Å². The molecule has 3 aromatic carbocycles. The van der Waals surface area contributed by atoms with E-state index in [0.717, 1.165) is 37.6 Å². The van der Waals surface area contributed by atoms with Gasteiger partial charge in [-0.2, -0.15) is 0 Å². The van der Waals surface area contributed by atoms with Crippen LogP contribution >= 0.6 is 0 Å². The maximum Gasteiger partial charge on any atom is 0.322 e. The topological polar surface area (TPSA) is 46.0 Å². The van der Waals surface area contributed by atoms with Crippen molar-refractivity contribution >= 4 is 11.7 Å². The van der Waals surface area contributed by atoms with Crippen molar-refractivity contribution in [2.75, 3.05) is 38.6 Å². The zero-order chi connectivity index (χ0) is 20.5. The van der Waals surface area contributed by atoms with E-state index >= 15 is 0 Å². The summed E-state index contributed by atoms with van der Waals surface area (Å²) in [5.41, 5.74) is 6.27. The molecular formula is C25H26N3O2+. The van der Waals surface area contributed by atoms with Crippen molar-refractivity contribution in [2.24, 2.45) is 0 Å². The van der Waals surface area contributed by atoms with Gasteiger partial charge in [-0.1, -0.05) is 54.6 Å². The lowest BCUT2D eigenvalue weighted by Gasteiger charge is -2.36. The first-order chi connectivity index (χ1) is 14.7. The molecule has 5 rings (SSSR count). The van der Waals surface area contributed by atoms with Gasteiger partial charge in [0.05, 0.1) is 33.3 Å². The van der Waals surface area contributed by atoms with Crippen LogP contribution in [0.4, 0.5) is 10.5 Å². The monoisotopic (exact) mass is 400 g/mol. The summed E-state index contributed by atoms with van der Waals surface area (Å²) in [7, 11) is 1.63. The molecule has 1 fully saturated rings. The Bertz CT molecular complexity index is 1030. The summed E-state index contributed by atoms with van der Waals surface area (Å²) in [5, 5.41) is 3.00. The van der Waals surface area contributed by atoms with Crippen LogP contribution in [0.2, 0.25) is 0 Å². The number of urea groups is 1. The molecule has 0 radical (unpaired) electrons. The minimum Gasteiger partial charge on any atom is -0.497 e. The fourth-order valence-corrected chi connectivity index (χ4v) is 4.78. The number of fused-ring (bicyclic) bond motifs is 3. The second-order valence-corrected chi connectivity index (χ2v) is 7.91. The lowest BCUT2D eigenvalue weighted by molar-refractivity contribution is -0.928. The van der Waals surface area contributed by atoms with Gasteiger partial charge in [0.25, 0.3) is 0 Å². The first-order valence-electron chi connectivity index (χ1n) is 10.5. The molecule has 2 amide bonds. The van der Waals surface area contributed by atoms with Gasteiger partial charge < -0.3 is 19.9 Å². The minimum atomic E-state index is -0.0467. The van der Waals surface area contributed by atoms with Crippen LogP contribution in [0.15, 0.2) is 72.8 Å². The summed E-state index contributed by atoms with van der Waals surface area (Å²) in [6.07, 6.45) is 0. The van der Waals surface area contributed by atoms with Crippen molar-refractivity contribution in [3.63, 3.8) is 0 Å². The van der Waals surface area contributed by atoms with Crippen LogP contribution in [-0.4, -0.2) is 44.2 Å². The quantitative estimate of drug-likeness (QED) is 0.709. The smallest absolute Gasteiger partial charge is 0.322 e. The number of methoxy groups -OCH3 is 1. The van der Waals surface area contributed by atoms with Gasteiger partial charge in [-0.15, -0.1) is 0 Å². The van der Waals surface area contributed by atoms with E-state index in [1.807, 2.05) is 29.2 Å². The van der Waals surface area contributed by atoms with Crippen molar-refractivity contribution < 1.29 is 14.4 Å². The Morgan fingerprint density at radius 2 is 1.57 bits per heavy atom. The highest BCUT2D eigenvalue weighted by molar-refractivity contribution is 5.89. The van der Waals surface area contributed by atoms with Gasteiger partial charge in [-0.05, 0) is 23.3 Å². The zero-order valence-corrected chi connectivity index (χ0v) is 17.1. The summed E-state index contributed by atoms with van der Waals surface area (Å²) in [6, 6.07) is 25.3. The first kappa shape index (κ1) is 18.7. The van der Waals surface area contributed by atoms with Gasteiger partial charge in [0.2, 0.25) is 0 Å². The molecule has 0 atom stereocenters. The van der Waals surface area contributed by atoms with E-state index < -0.39 is 0 Å². The van der Waals surface area contributed by atoms with Crippen LogP contribution < -0.4 is 15.0 Å². The molecule has 30 heavy (non-hydrogen) atoms. The third-order valence-corrected chi connectivity index (χ3v) is 6.26. The number of piperazine rings is 1. The van der Waals surface area contributed by atoms with Crippen LogP contribution in [-0.2, 0) is 0 Å². The highest BCUT2D eigenvalue weighted by Crippen LogP contribution is 2.41. The minimum absolute atomic E-state index is 0.0467. The van der Waals surface area contributed by atoms with Crippen molar-refractivity contribution in [1.82, 2.24) is 4.90 Å². The van der Waals surface area contributed by atoms with Gasteiger partial charge in [-0.25, -0.2) is 4.79 Å². The summed E-state index contributed by atoms with van der Waals surface area (Å²) in [5.74, 6) is 0.737. The number of amides is 2. The number of anilines is 1. The van der Waals surface area contributed by atoms with Crippen molar-refractivity contribution in [1.29, 1.82) is 0 Å². The highest BCUT2D eigenvalue weighted by Gasteiger charge is 2.38. The lowest BCUT2D eigenvalue weighted by Crippen LogP contribution is -3.15. The van der Waals surface area contributed by atoms with E-state index in [9.17, 15) is 4.79 Å². The molecule has 1 saturated heterocycles. The number of hydrogen-bond donors (Lipinski definition) is 2. The Morgan fingerprint density at radius 1 is 0.933 bits per heavy atom. The Hall–Kier alpha value is -3.31. The number of carbonyl (C=O) groups excluding carboxylic acids is 1. The Balaban J connectivity index is 1.29. The summed E-state index contributed by atoms with van der Waals surface area (Å²) in [4.78, 5) is 16.2. The van der Waals surface area contributed by atoms with Crippen molar-refractivity contribution in [2.45, 2.75) is 6.04 Å². The normalized spacial score (nSPS) is 16.1. The fraction of sp³-hybridized carbons (Fsp3) is 0.240. The average molecular weight is 401 g/mol. The standard InChI is InChI=1S/C25H25N3O2/c1-30-19-8-6-7-18(17-19)26-25(29)28-15-13-27(14-16-28)24-22-11-4-2-9-20(22)21-10-3-5-12-23(21)24/h2-12,17,24H,13-16H2,1H3,(H,26,29)/p+1. The number of rotatable bonds is 3. The van der Waals surface area contributed by atoms with Crippen LogP contribution in [0.5, 0.6) is 5.75 Å². The second-order valence-electron chi connectivity index (χ2n) is 7.91. The number of nitrogens with zero attached hydrogens (tertiary/aromatic N) is 1. The van der Waals surface area contributed by atoms with E-state index in [1.54, 1.807) is 7.11 Å². The molecule has 1 aliphatic heterocycles. The second kappa shape index (κ2) is 7.84. The van der Waals surface area contributed by atoms with E-state index in [0.29, 0.717) is 6.04 Å². The molecule has 2 N–H and O–H groups in total. The van der Waals surface area contributed by atoms with E-state index in [4.69, 9.17) is 4.74 Å². The predicted octanol–water partition coefficient (Wildman–Crippen LogP) is 3.20. The molecule has 0 unspecified atom stereocenters. The van der Waals surface area contributed by atoms with Crippen molar-refractivity contribution in [3.05, 3.63) is 83.9 Å². The molecular weight excluding hydrogens is 374 g/mol. The van der Waals surface area contributed by atoms with Gasteiger partial charge in [0.15, 0.2) is 0 Å². The highest BCUT2D eigenvalue weighted by atomic mass is 16.5. The molecule has 0 aromatic heterocycles. The molecule has 0 spiro atoms. The Morgan fingerprint density at radius 3 is 2.20 bits per heavy atom. The third kappa shape index (κ3) is 3.31. The van der Waals surface area contributed by atoms with E-state index in [-0.39, 0.29) is 6.03 Å². The molecule has 1 aliphatic carbocycles. The molecule has 0 saturated carbocycles. The third-order valence-electron chi connectivity index (χ3n) is 6.26. The number of nitrogens with one attached hydrogen (secondary N) is 2. The summed E-state index contributed by atoms with van der Waals surface area (Å²) >= 11 is 0. The molecule has 2 aliphatic rings. The van der Waals surface area contributed by atoms with Crippen LogP contribution in [0, 0.1) is 0 Å². The SMILES string of the molecule is COc1cccc(NC(=O)N2CC[NH+](C3c4ccccc4-c4ccccc43)CC2)c1. The maximum atomic E-state index is 12.8. The number of quaternary nitrogens is 1. The van der Waals surface area contributed by atoms with Crippen molar-refractivity contribution in [3.8, 4) is 16.9 Å². The molecule has 5 nitrogen and oxygen atoms in total. The Labute approximate surface area is 176 Å². The zero-order valence-electron chi connectivity index (χ0n) is 17.1. The van der Waals surface area contributed by atoms with Crippen LogP contribution in [0.3, 0.4) is 0 Å². The fourth-order valence-electron chi connectivity index (χ4n) is 4.78. The van der Waals surface area contributed by atoms with Gasteiger partial charge in [0.1, 0.15) is 11.8 Å². The average Bonchev–Trinajstić information content (AvgIpc) is 3.14. The van der Waals surface area contributed by atoms with Gasteiger partial charge in [0, 0.05) is 22.9 Å². The largest absolute Gasteiger partial charge is 0.497 e. The van der Waals surface area contributed by atoms with Gasteiger partial charge >= 0.3 is 6.03 Å². The predicted molar refractivity (Wildman–Crippen MR) is 118 cm³/mol. The Kier molecular flexibility index (Phi) is 4.89.